The molecular weight excluding hydrogens is 443 g/mol. The zero-order valence-corrected chi connectivity index (χ0v) is 20.5. The molecule has 2 atom stereocenters. The quantitative estimate of drug-likeness (QED) is 0.370. The highest BCUT2D eigenvalue weighted by atomic mass is 19.1. The van der Waals surface area contributed by atoms with Crippen molar-refractivity contribution in [3.63, 3.8) is 0 Å². The molecule has 6 heteroatoms. The molecule has 4 rings (SSSR count). The number of benzene rings is 3. The molecule has 0 aromatic heterocycles. The first-order valence-electron chi connectivity index (χ1n) is 11.9. The Labute approximate surface area is 206 Å². The molecular formula is C29H31FN2O3. The molecule has 0 bridgehead atoms. The first kappa shape index (κ1) is 24.7. The molecule has 3 aromatic carbocycles. The van der Waals surface area contributed by atoms with Crippen LogP contribution in [0.4, 0.5) is 4.39 Å². The Kier molecular flexibility index (Phi) is 8.02. The van der Waals surface area contributed by atoms with Crippen molar-refractivity contribution in [2.75, 3.05) is 34.4 Å². The number of ether oxygens (including phenoxy) is 3. The van der Waals surface area contributed by atoms with Gasteiger partial charge in [-0.25, -0.2) is 4.39 Å². The van der Waals surface area contributed by atoms with Crippen LogP contribution in [0.2, 0.25) is 0 Å². The second-order valence-electron chi connectivity index (χ2n) is 8.89. The van der Waals surface area contributed by atoms with Gasteiger partial charge < -0.3 is 19.1 Å². The minimum absolute atomic E-state index is 0.0970. The lowest BCUT2D eigenvalue weighted by molar-refractivity contribution is 0.0261. The van der Waals surface area contributed by atoms with Crippen molar-refractivity contribution in [1.82, 2.24) is 4.90 Å². The molecule has 0 spiro atoms. The third-order valence-corrected chi connectivity index (χ3v) is 6.57. The molecule has 0 N–H and O–H groups in total. The highest BCUT2D eigenvalue weighted by molar-refractivity contribution is 5.46. The fourth-order valence-corrected chi connectivity index (χ4v) is 4.64. The molecule has 182 valence electrons. The van der Waals surface area contributed by atoms with Crippen molar-refractivity contribution in [3.05, 3.63) is 94.3 Å². The predicted molar refractivity (Wildman–Crippen MR) is 133 cm³/mol. The molecule has 0 saturated heterocycles. The van der Waals surface area contributed by atoms with Crippen LogP contribution in [0.5, 0.6) is 11.5 Å². The lowest BCUT2D eigenvalue weighted by Crippen LogP contribution is -2.23. The van der Waals surface area contributed by atoms with Crippen LogP contribution in [0.3, 0.4) is 0 Å². The first-order chi connectivity index (χ1) is 17.0. The topological polar surface area (TPSA) is 54.7 Å². The lowest BCUT2D eigenvalue weighted by atomic mass is 9.94. The highest BCUT2D eigenvalue weighted by Crippen LogP contribution is 2.45. The zero-order valence-electron chi connectivity index (χ0n) is 20.5. The van der Waals surface area contributed by atoms with Crippen LogP contribution >= 0.6 is 0 Å². The fraction of sp³-hybridized carbons (Fsp3) is 0.345. The Hall–Kier alpha value is -3.40. The summed E-state index contributed by atoms with van der Waals surface area (Å²) >= 11 is 0. The maximum Gasteiger partial charge on any atom is 0.123 e. The van der Waals surface area contributed by atoms with E-state index in [4.69, 9.17) is 14.2 Å². The molecule has 5 nitrogen and oxygen atoms in total. The molecule has 1 aliphatic rings. The monoisotopic (exact) mass is 474 g/mol. The molecule has 3 aromatic rings. The van der Waals surface area contributed by atoms with Crippen LogP contribution in [-0.2, 0) is 11.2 Å². The normalized spacial score (nSPS) is 16.7. The van der Waals surface area contributed by atoms with Crippen LogP contribution in [0.1, 0.15) is 52.9 Å². The van der Waals surface area contributed by atoms with Crippen molar-refractivity contribution in [2.45, 2.75) is 31.5 Å². The Morgan fingerprint density at radius 1 is 0.971 bits per heavy atom. The third kappa shape index (κ3) is 5.82. The van der Waals surface area contributed by atoms with Gasteiger partial charge in [-0.2, -0.15) is 5.26 Å². The zero-order chi connectivity index (χ0) is 24.8. The van der Waals surface area contributed by atoms with Crippen LogP contribution in [0, 0.1) is 17.1 Å². The molecule has 0 fully saturated rings. The van der Waals surface area contributed by atoms with Gasteiger partial charge in [-0.3, -0.25) is 0 Å². The number of likely N-dealkylation sites (N-methyl/N-ethyl adjacent to an activating group) is 1. The Morgan fingerprint density at radius 2 is 1.77 bits per heavy atom. The number of methoxy groups -OCH3 is 2. The number of nitrogens with zero attached hydrogens (tertiary/aromatic N) is 2. The number of nitriles is 1. The lowest BCUT2D eigenvalue weighted by Gasteiger charge is -2.20. The van der Waals surface area contributed by atoms with Crippen LogP contribution in [-0.4, -0.2) is 39.3 Å². The molecule has 0 saturated carbocycles. The smallest absolute Gasteiger partial charge is 0.123 e. The molecule has 0 radical (unpaired) electrons. The summed E-state index contributed by atoms with van der Waals surface area (Å²) < 4.78 is 30.7. The maximum atomic E-state index is 13.4. The maximum absolute atomic E-state index is 13.4. The van der Waals surface area contributed by atoms with Crippen LogP contribution in [0.25, 0.3) is 0 Å². The van der Waals surface area contributed by atoms with E-state index in [2.05, 4.69) is 18.0 Å². The van der Waals surface area contributed by atoms with E-state index in [9.17, 15) is 9.65 Å². The third-order valence-electron chi connectivity index (χ3n) is 6.57. The molecule has 35 heavy (non-hydrogen) atoms. The summed E-state index contributed by atoms with van der Waals surface area (Å²) in [5.74, 6) is 1.43. The van der Waals surface area contributed by atoms with E-state index in [0.29, 0.717) is 5.56 Å². The van der Waals surface area contributed by atoms with E-state index in [1.807, 2.05) is 36.4 Å². The van der Waals surface area contributed by atoms with Crippen molar-refractivity contribution < 1.29 is 18.6 Å². The van der Waals surface area contributed by atoms with Crippen molar-refractivity contribution in [1.29, 1.82) is 5.26 Å². The Morgan fingerprint density at radius 3 is 2.49 bits per heavy atom. The van der Waals surface area contributed by atoms with Gasteiger partial charge in [0.1, 0.15) is 23.4 Å². The largest absolute Gasteiger partial charge is 0.497 e. The summed E-state index contributed by atoms with van der Waals surface area (Å²) in [4.78, 5) is 2.30. The van der Waals surface area contributed by atoms with Crippen LogP contribution < -0.4 is 9.47 Å². The van der Waals surface area contributed by atoms with Gasteiger partial charge in [-0.1, -0.05) is 18.2 Å². The summed E-state index contributed by atoms with van der Waals surface area (Å²) in [5.41, 5.74) is 4.78. The van der Waals surface area contributed by atoms with E-state index in [1.54, 1.807) is 26.4 Å². The number of hydrogen-bond acceptors (Lipinski definition) is 5. The molecule has 1 aliphatic heterocycles. The fourth-order valence-electron chi connectivity index (χ4n) is 4.64. The summed E-state index contributed by atoms with van der Waals surface area (Å²) in [5, 5.41) is 9.38. The number of fused-ring (bicyclic) bond motifs is 1. The molecule has 2 unspecified atom stereocenters. The molecule has 0 amide bonds. The highest BCUT2D eigenvalue weighted by Gasteiger charge is 2.32. The second-order valence-corrected chi connectivity index (χ2v) is 8.89. The predicted octanol–water partition coefficient (Wildman–Crippen LogP) is 5.83. The van der Waals surface area contributed by atoms with Gasteiger partial charge >= 0.3 is 0 Å². The summed E-state index contributed by atoms with van der Waals surface area (Å²) in [7, 11) is 5.47. The van der Waals surface area contributed by atoms with Gasteiger partial charge in [0.05, 0.1) is 32.0 Å². The molecule has 1 heterocycles. The van der Waals surface area contributed by atoms with Gasteiger partial charge in [0.15, 0.2) is 0 Å². The van der Waals surface area contributed by atoms with Crippen molar-refractivity contribution in [2.24, 2.45) is 0 Å². The Balaban J connectivity index is 1.37. The number of halogens is 1. The van der Waals surface area contributed by atoms with Gasteiger partial charge in [0.2, 0.25) is 0 Å². The van der Waals surface area contributed by atoms with Gasteiger partial charge in [-0.05, 0) is 97.6 Å². The van der Waals surface area contributed by atoms with Gasteiger partial charge in [-0.15, -0.1) is 0 Å². The second kappa shape index (κ2) is 11.4. The number of hydrogen-bond donors (Lipinski definition) is 0. The van der Waals surface area contributed by atoms with Crippen molar-refractivity contribution in [3.8, 4) is 17.6 Å². The van der Waals surface area contributed by atoms with E-state index >= 15 is 0 Å². The summed E-state index contributed by atoms with van der Waals surface area (Å²) in [6.07, 6.45) is 2.30. The van der Waals surface area contributed by atoms with Gasteiger partial charge in [0, 0.05) is 6.54 Å². The average Bonchev–Trinajstić information content (AvgIpc) is 3.25. The number of rotatable bonds is 10. The Bertz CT molecular complexity index is 1190. The van der Waals surface area contributed by atoms with Crippen LogP contribution in [0.15, 0.2) is 60.7 Å². The average molecular weight is 475 g/mol. The summed E-state index contributed by atoms with van der Waals surface area (Å²) in [6.45, 7) is 1.81. The van der Waals surface area contributed by atoms with Gasteiger partial charge in [0.25, 0.3) is 0 Å². The van der Waals surface area contributed by atoms with E-state index in [0.717, 1.165) is 66.1 Å². The standard InChI is InChI=1S/C29H31FN2O3/c1-32(16-14-22-18-24(33-2)11-13-27(22)34-3)15-4-5-28-26-17-20(19-31)6-12-25(26)29(35-28)21-7-9-23(30)10-8-21/h6-13,17-18,28-29H,4-5,14-16H2,1-3H3. The minimum atomic E-state index is -0.266. The summed E-state index contributed by atoms with van der Waals surface area (Å²) in [6, 6.07) is 20.3. The minimum Gasteiger partial charge on any atom is -0.497 e. The van der Waals surface area contributed by atoms with Crippen molar-refractivity contribution >= 4 is 0 Å². The first-order valence-corrected chi connectivity index (χ1v) is 11.9. The van der Waals surface area contributed by atoms with E-state index < -0.39 is 0 Å². The van der Waals surface area contributed by atoms with E-state index in [1.165, 1.54) is 12.1 Å². The SMILES string of the molecule is COc1ccc(OC)c(CCN(C)CCCC2OC(c3ccc(F)cc3)c3ccc(C#N)cc32)c1. The molecule has 0 aliphatic carbocycles. The van der Waals surface area contributed by atoms with E-state index in [-0.39, 0.29) is 18.0 Å².